The number of aromatic nitrogens is 1. The third-order valence-corrected chi connectivity index (χ3v) is 5.12. The zero-order valence-electron chi connectivity index (χ0n) is 12.8. The van der Waals surface area contributed by atoms with Crippen LogP contribution in [0.1, 0.15) is 6.92 Å². The highest BCUT2D eigenvalue weighted by Gasteiger charge is 2.26. The van der Waals surface area contributed by atoms with Crippen molar-refractivity contribution < 1.29 is 9.53 Å². The summed E-state index contributed by atoms with van der Waals surface area (Å²) in [7, 11) is 0. The predicted octanol–water partition coefficient (Wildman–Crippen LogP) is 3.02. The Morgan fingerprint density at radius 2 is 1.96 bits per heavy atom. The largest absolute Gasteiger partial charge is 0.481 e. The summed E-state index contributed by atoms with van der Waals surface area (Å²) in [5, 5.41) is 3.00. The fraction of sp³-hybridized carbons (Fsp3) is 0.375. The number of hydrogen-bond donors (Lipinski definition) is 0. The van der Waals surface area contributed by atoms with Crippen molar-refractivity contribution in [3.05, 3.63) is 40.3 Å². The van der Waals surface area contributed by atoms with E-state index in [1.807, 2.05) is 40.7 Å². The van der Waals surface area contributed by atoms with Gasteiger partial charge in [-0.15, -0.1) is 11.3 Å². The van der Waals surface area contributed by atoms with Gasteiger partial charge in [-0.3, -0.25) is 4.79 Å². The van der Waals surface area contributed by atoms with Crippen LogP contribution in [0.5, 0.6) is 5.75 Å². The first-order chi connectivity index (χ1) is 11.1. The summed E-state index contributed by atoms with van der Waals surface area (Å²) in [6.45, 7) is 4.82. The van der Waals surface area contributed by atoms with Gasteiger partial charge in [-0.05, 0) is 31.2 Å². The van der Waals surface area contributed by atoms with Gasteiger partial charge in [-0.1, -0.05) is 15.9 Å². The SMILES string of the molecule is C[C@H](Oc1ccc(Br)cc1)C(=O)N1CCN(c2nccs2)CC1. The smallest absolute Gasteiger partial charge is 0.263 e. The van der Waals surface area contributed by atoms with Gasteiger partial charge in [-0.2, -0.15) is 0 Å². The van der Waals surface area contributed by atoms with Crippen molar-refractivity contribution in [2.24, 2.45) is 0 Å². The first-order valence-electron chi connectivity index (χ1n) is 7.49. The lowest BCUT2D eigenvalue weighted by Crippen LogP contribution is -2.52. The minimum absolute atomic E-state index is 0.0340. The molecule has 2 aromatic rings. The molecule has 1 aliphatic heterocycles. The molecule has 0 aliphatic carbocycles. The lowest BCUT2D eigenvalue weighted by Gasteiger charge is -2.35. The number of piperazine rings is 1. The Morgan fingerprint density at radius 1 is 1.26 bits per heavy atom. The van der Waals surface area contributed by atoms with Gasteiger partial charge < -0.3 is 14.5 Å². The first-order valence-corrected chi connectivity index (χ1v) is 9.16. The van der Waals surface area contributed by atoms with E-state index in [1.165, 1.54) is 0 Å². The number of halogens is 1. The number of amides is 1. The number of thiazole rings is 1. The Hall–Kier alpha value is -1.60. The summed E-state index contributed by atoms with van der Waals surface area (Å²) in [5.74, 6) is 0.738. The summed E-state index contributed by atoms with van der Waals surface area (Å²) in [5.41, 5.74) is 0. The Labute approximate surface area is 148 Å². The van der Waals surface area contributed by atoms with E-state index in [-0.39, 0.29) is 5.91 Å². The van der Waals surface area contributed by atoms with Crippen molar-refractivity contribution in [3.8, 4) is 5.75 Å². The van der Waals surface area contributed by atoms with Gasteiger partial charge in [-0.25, -0.2) is 4.98 Å². The molecular formula is C16H18BrN3O2S. The second-order valence-corrected chi connectivity index (χ2v) is 7.13. The second-order valence-electron chi connectivity index (χ2n) is 5.34. The predicted molar refractivity (Wildman–Crippen MR) is 95.1 cm³/mol. The molecule has 5 nitrogen and oxygen atoms in total. The fourth-order valence-corrected chi connectivity index (χ4v) is 3.48. The maximum absolute atomic E-state index is 12.5. The second kappa shape index (κ2) is 7.31. The highest BCUT2D eigenvalue weighted by Crippen LogP contribution is 2.20. The van der Waals surface area contributed by atoms with Crippen LogP contribution in [0.25, 0.3) is 0 Å². The lowest BCUT2D eigenvalue weighted by atomic mass is 10.2. The van der Waals surface area contributed by atoms with Crippen LogP contribution in [-0.2, 0) is 4.79 Å². The molecule has 0 saturated carbocycles. The standard InChI is InChI=1S/C16H18BrN3O2S/c1-12(22-14-4-2-13(17)3-5-14)15(21)19-7-9-20(10-8-19)16-18-6-11-23-16/h2-6,11-12H,7-10H2,1H3/t12-/m0/s1. The highest BCUT2D eigenvalue weighted by molar-refractivity contribution is 9.10. The molecule has 122 valence electrons. The van der Waals surface area contributed by atoms with Gasteiger partial charge in [0.25, 0.3) is 5.91 Å². The van der Waals surface area contributed by atoms with E-state index in [4.69, 9.17) is 4.74 Å². The van der Waals surface area contributed by atoms with Crippen molar-refractivity contribution in [2.75, 3.05) is 31.1 Å². The van der Waals surface area contributed by atoms with E-state index < -0.39 is 6.10 Å². The molecular weight excluding hydrogens is 378 g/mol. The van der Waals surface area contributed by atoms with E-state index >= 15 is 0 Å². The number of rotatable bonds is 4. The summed E-state index contributed by atoms with van der Waals surface area (Å²) in [6, 6.07) is 7.52. The van der Waals surface area contributed by atoms with E-state index in [2.05, 4.69) is 25.8 Å². The van der Waals surface area contributed by atoms with Gasteiger partial charge in [0.05, 0.1) is 0 Å². The van der Waals surface area contributed by atoms with E-state index in [0.29, 0.717) is 18.8 Å². The number of ether oxygens (including phenoxy) is 1. The summed E-state index contributed by atoms with van der Waals surface area (Å²) in [6.07, 6.45) is 1.33. The zero-order valence-corrected chi connectivity index (χ0v) is 15.2. The third-order valence-electron chi connectivity index (χ3n) is 3.76. The molecule has 1 aromatic heterocycles. The first kappa shape index (κ1) is 16.3. The van der Waals surface area contributed by atoms with Crippen LogP contribution in [0.2, 0.25) is 0 Å². The van der Waals surface area contributed by atoms with Crippen LogP contribution in [0, 0.1) is 0 Å². The van der Waals surface area contributed by atoms with Crippen LogP contribution in [0.15, 0.2) is 40.3 Å². The van der Waals surface area contributed by atoms with Crippen LogP contribution in [-0.4, -0.2) is 48.1 Å². The number of nitrogens with zero attached hydrogens (tertiary/aromatic N) is 3. The molecule has 1 aliphatic rings. The molecule has 0 bridgehead atoms. The maximum atomic E-state index is 12.5. The normalized spacial score (nSPS) is 16.3. The van der Waals surface area contributed by atoms with Gasteiger partial charge in [0.2, 0.25) is 0 Å². The Bertz CT molecular complexity index is 640. The molecule has 3 rings (SSSR count). The molecule has 1 fully saturated rings. The molecule has 0 radical (unpaired) electrons. The molecule has 0 spiro atoms. The summed E-state index contributed by atoms with van der Waals surface area (Å²) < 4.78 is 6.74. The molecule has 23 heavy (non-hydrogen) atoms. The number of hydrogen-bond acceptors (Lipinski definition) is 5. The van der Waals surface area contributed by atoms with E-state index in [1.54, 1.807) is 18.3 Å². The van der Waals surface area contributed by atoms with Gasteiger partial charge >= 0.3 is 0 Å². The third kappa shape index (κ3) is 4.03. The van der Waals surface area contributed by atoms with Crippen molar-refractivity contribution in [3.63, 3.8) is 0 Å². The Morgan fingerprint density at radius 3 is 2.57 bits per heavy atom. The van der Waals surface area contributed by atoms with Crippen LogP contribution < -0.4 is 9.64 Å². The number of carbonyl (C=O) groups is 1. The Kier molecular flexibility index (Phi) is 5.17. The van der Waals surface area contributed by atoms with E-state index in [9.17, 15) is 4.79 Å². The minimum atomic E-state index is -0.484. The molecule has 0 N–H and O–H groups in total. The molecule has 2 heterocycles. The molecule has 1 atom stereocenters. The van der Waals surface area contributed by atoms with E-state index in [0.717, 1.165) is 22.7 Å². The van der Waals surface area contributed by atoms with Crippen LogP contribution in [0.3, 0.4) is 0 Å². The van der Waals surface area contributed by atoms with Crippen molar-refractivity contribution in [1.82, 2.24) is 9.88 Å². The van der Waals surface area contributed by atoms with Crippen LogP contribution in [0.4, 0.5) is 5.13 Å². The topological polar surface area (TPSA) is 45.7 Å². The fourth-order valence-electron chi connectivity index (χ4n) is 2.52. The average Bonchev–Trinajstić information content (AvgIpc) is 3.11. The highest BCUT2D eigenvalue weighted by atomic mass is 79.9. The van der Waals surface area contributed by atoms with Crippen LogP contribution >= 0.6 is 27.3 Å². The molecule has 0 unspecified atom stereocenters. The monoisotopic (exact) mass is 395 g/mol. The maximum Gasteiger partial charge on any atom is 0.263 e. The van der Waals surface area contributed by atoms with Crippen molar-refractivity contribution >= 4 is 38.3 Å². The quantitative estimate of drug-likeness (QED) is 0.797. The molecule has 1 amide bonds. The number of anilines is 1. The molecule has 7 heteroatoms. The Balaban J connectivity index is 1.53. The van der Waals surface area contributed by atoms with Crippen molar-refractivity contribution in [2.45, 2.75) is 13.0 Å². The summed E-state index contributed by atoms with van der Waals surface area (Å²) in [4.78, 5) is 20.9. The molecule has 1 aromatic carbocycles. The van der Waals surface area contributed by atoms with Gasteiger partial charge in [0.1, 0.15) is 5.75 Å². The number of benzene rings is 1. The van der Waals surface area contributed by atoms with Gasteiger partial charge in [0, 0.05) is 42.2 Å². The van der Waals surface area contributed by atoms with Gasteiger partial charge in [0.15, 0.2) is 11.2 Å². The zero-order chi connectivity index (χ0) is 16.2. The average molecular weight is 396 g/mol. The van der Waals surface area contributed by atoms with Crippen molar-refractivity contribution in [1.29, 1.82) is 0 Å². The minimum Gasteiger partial charge on any atom is -0.481 e. The molecule has 1 saturated heterocycles. The lowest BCUT2D eigenvalue weighted by molar-refractivity contribution is -0.138. The number of carbonyl (C=O) groups excluding carboxylic acids is 1. The summed E-state index contributed by atoms with van der Waals surface area (Å²) >= 11 is 5.02.